The van der Waals surface area contributed by atoms with E-state index in [2.05, 4.69) is 10.3 Å². The van der Waals surface area contributed by atoms with Crippen molar-refractivity contribution in [1.82, 2.24) is 4.98 Å². The highest BCUT2D eigenvalue weighted by Crippen LogP contribution is 2.23. The lowest BCUT2D eigenvalue weighted by atomic mass is 10.1. The number of carbonyl (C=O) groups excluding carboxylic acids is 1. The second-order valence-corrected chi connectivity index (χ2v) is 3.82. The van der Waals surface area contributed by atoms with Crippen molar-refractivity contribution in [3.8, 4) is 11.5 Å². The summed E-state index contributed by atoms with van der Waals surface area (Å²) < 4.78 is 0. The van der Waals surface area contributed by atoms with Crippen molar-refractivity contribution in [2.75, 3.05) is 5.32 Å². The Labute approximate surface area is 104 Å². The van der Waals surface area contributed by atoms with Gasteiger partial charge >= 0.3 is 0 Å². The maximum Gasteiger partial charge on any atom is 0.260 e. The number of nitrogens with one attached hydrogen (secondary N) is 1. The second kappa shape index (κ2) is 4.75. The number of aromatic hydroxyl groups is 2. The SMILES string of the molecule is Cc1cccnc1NC(=O)c1ccc(O)cc1O. The average Bonchev–Trinajstić information content (AvgIpc) is 2.32. The van der Waals surface area contributed by atoms with Crippen LogP contribution in [0.5, 0.6) is 11.5 Å². The molecule has 0 aliphatic heterocycles. The van der Waals surface area contributed by atoms with Gasteiger partial charge in [0.1, 0.15) is 17.3 Å². The van der Waals surface area contributed by atoms with Crippen LogP contribution in [-0.2, 0) is 0 Å². The van der Waals surface area contributed by atoms with Gasteiger partial charge in [0.25, 0.3) is 5.91 Å². The molecule has 5 heteroatoms. The van der Waals surface area contributed by atoms with Crippen LogP contribution in [0.3, 0.4) is 0 Å². The summed E-state index contributed by atoms with van der Waals surface area (Å²) in [5, 5.41) is 21.3. The first-order valence-electron chi connectivity index (χ1n) is 5.33. The molecule has 1 amide bonds. The summed E-state index contributed by atoms with van der Waals surface area (Å²) in [4.78, 5) is 15.9. The molecule has 0 saturated heterocycles. The molecule has 0 bridgehead atoms. The zero-order valence-electron chi connectivity index (χ0n) is 9.71. The summed E-state index contributed by atoms with van der Waals surface area (Å²) in [6.07, 6.45) is 1.57. The third-order valence-electron chi connectivity index (χ3n) is 2.47. The number of benzene rings is 1. The Kier molecular flexibility index (Phi) is 3.14. The summed E-state index contributed by atoms with van der Waals surface area (Å²) >= 11 is 0. The minimum atomic E-state index is -0.477. The van der Waals surface area contributed by atoms with E-state index in [1.54, 1.807) is 12.3 Å². The van der Waals surface area contributed by atoms with Crippen LogP contribution in [0.15, 0.2) is 36.5 Å². The Morgan fingerprint density at radius 1 is 1.28 bits per heavy atom. The molecule has 0 aliphatic carbocycles. The Bertz CT molecular complexity index is 597. The first-order chi connectivity index (χ1) is 8.58. The number of aryl methyl sites for hydroxylation is 1. The molecule has 0 fully saturated rings. The lowest BCUT2D eigenvalue weighted by Crippen LogP contribution is -2.13. The average molecular weight is 244 g/mol. The number of anilines is 1. The van der Waals surface area contributed by atoms with E-state index in [0.717, 1.165) is 11.6 Å². The van der Waals surface area contributed by atoms with E-state index < -0.39 is 5.91 Å². The molecular formula is C13H12N2O3. The molecule has 0 atom stereocenters. The lowest BCUT2D eigenvalue weighted by molar-refractivity contribution is 0.102. The Morgan fingerprint density at radius 3 is 2.72 bits per heavy atom. The van der Waals surface area contributed by atoms with Crippen molar-refractivity contribution in [2.24, 2.45) is 0 Å². The molecule has 0 aliphatic rings. The quantitative estimate of drug-likeness (QED) is 0.755. The number of nitrogens with zero attached hydrogens (tertiary/aromatic N) is 1. The molecule has 92 valence electrons. The van der Waals surface area contributed by atoms with E-state index in [1.165, 1.54) is 12.1 Å². The highest BCUT2D eigenvalue weighted by atomic mass is 16.3. The van der Waals surface area contributed by atoms with Gasteiger partial charge in [0.15, 0.2) is 0 Å². The Hall–Kier alpha value is -2.56. The molecule has 18 heavy (non-hydrogen) atoms. The van der Waals surface area contributed by atoms with E-state index in [9.17, 15) is 9.90 Å². The number of amides is 1. The molecule has 0 saturated carbocycles. The van der Waals surface area contributed by atoms with Crippen molar-refractivity contribution in [1.29, 1.82) is 0 Å². The number of pyridine rings is 1. The van der Waals surface area contributed by atoms with Crippen LogP contribution in [0.4, 0.5) is 5.82 Å². The normalized spacial score (nSPS) is 10.1. The minimum absolute atomic E-state index is 0.0813. The number of carbonyl (C=O) groups is 1. The lowest BCUT2D eigenvalue weighted by Gasteiger charge is -2.08. The number of aromatic nitrogens is 1. The van der Waals surface area contributed by atoms with Gasteiger partial charge in [-0.2, -0.15) is 0 Å². The summed E-state index contributed by atoms with van der Waals surface area (Å²) in [5.74, 6) is -0.413. The van der Waals surface area contributed by atoms with Crippen molar-refractivity contribution in [2.45, 2.75) is 6.92 Å². The molecule has 5 nitrogen and oxygen atoms in total. The maximum absolute atomic E-state index is 11.9. The van der Waals surface area contributed by atoms with Crippen LogP contribution < -0.4 is 5.32 Å². The molecule has 0 radical (unpaired) electrons. The van der Waals surface area contributed by atoms with Crippen LogP contribution in [0.2, 0.25) is 0 Å². The number of hydrogen-bond acceptors (Lipinski definition) is 4. The standard InChI is InChI=1S/C13H12N2O3/c1-8-3-2-6-14-12(8)15-13(18)10-5-4-9(16)7-11(10)17/h2-7,16-17H,1H3,(H,14,15,18). The van der Waals surface area contributed by atoms with E-state index >= 15 is 0 Å². The molecule has 1 heterocycles. The zero-order chi connectivity index (χ0) is 13.1. The fourth-order valence-electron chi connectivity index (χ4n) is 1.50. The minimum Gasteiger partial charge on any atom is -0.508 e. The van der Waals surface area contributed by atoms with Gasteiger partial charge in [0.05, 0.1) is 5.56 Å². The van der Waals surface area contributed by atoms with E-state index in [4.69, 9.17) is 5.11 Å². The Balaban J connectivity index is 2.25. The third kappa shape index (κ3) is 2.40. The van der Waals surface area contributed by atoms with Crippen LogP contribution in [0, 0.1) is 6.92 Å². The number of phenols is 2. The van der Waals surface area contributed by atoms with Gasteiger partial charge in [0.2, 0.25) is 0 Å². The monoisotopic (exact) mass is 244 g/mol. The van der Waals surface area contributed by atoms with Gasteiger partial charge in [0, 0.05) is 12.3 Å². The molecule has 0 spiro atoms. The number of rotatable bonds is 2. The van der Waals surface area contributed by atoms with Crippen molar-refractivity contribution in [3.05, 3.63) is 47.7 Å². The summed E-state index contributed by atoms with van der Waals surface area (Å²) in [6, 6.07) is 7.38. The van der Waals surface area contributed by atoms with Crippen LogP contribution in [-0.4, -0.2) is 21.1 Å². The van der Waals surface area contributed by atoms with Crippen LogP contribution >= 0.6 is 0 Å². The first kappa shape index (κ1) is 11.9. The van der Waals surface area contributed by atoms with Crippen molar-refractivity contribution >= 4 is 11.7 Å². The topological polar surface area (TPSA) is 82.5 Å². The first-order valence-corrected chi connectivity index (χ1v) is 5.33. The molecule has 0 unspecified atom stereocenters. The van der Waals surface area contributed by atoms with Crippen molar-refractivity contribution in [3.63, 3.8) is 0 Å². The van der Waals surface area contributed by atoms with Crippen LogP contribution in [0.25, 0.3) is 0 Å². The fraction of sp³-hybridized carbons (Fsp3) is 0.0769. The summed E-state index contributed by atoms with van der Waals surface area (Å²) in [6.45, 7) is 1.82. The number of hydrogen-bond donors (Lipinski definition) is 3. The molecule has 1 aromatic carbocycles. The number of phenolic OH excluding ortho intramolecular Hbond substituents is 2. The largest absolute Gasteiger partial charge is 0.508 e. The summed E-state index contributed by atoms with van der Waals surface area (Å²) in [7, 11) is 0. The van der Waals surface area contributed by atoms with Gasteiger partial charge in [-0.05, 0) is 30.7 Å². The predicted octanol–water partition coefficient (Wildman–Crippen LogP) is 2.05. The molecule has 3 N–H and O–H groups in total. The van der Waals surface area contributed by atoms with Gasteiger partial charge in [-0.15, -0.1) is 0 Å². The van der Waals surface area contributed by atoms with Crippen molar-refractivity contribution < 1.29 is 15.0 Å². The smallest absolute Gasteiger partial charge is 0.260 e. The van der Waals surface area contributed by atoms with E-state index in [1.807, 2.05) is 13.0 Å². The van der Waals surface area contributed by atoms with Gasteiger partial charge in [-0.3, -0.25) is 4.79 Å². The second-order valence-electron chi connectivity index (χ2n) is 3.82. The predicted molar refractivity (Wildman–Crippen MR) is 66.7 cm³/mol. The summed E-state index contributed by atoms with van der Waals surface area (Å²) in [5.41, 5.74) is 0.905. The van der Waals surface area contributed by atoms with Gasteiger partial charge in [-0.1, -0.05) is 6.07 Å². The van der Waals surface area contributed by atoms with E-state index in [-0.39, 0.29) is 17.1 Å². The fourth-order valence-corrected chi connectivity index (χ4v) is 1.50. The molecule has 2 rings (SSSR count). The highest BCUT2D eigenvalue weighted by Gasteiger charge is 2.13. The van der Waals surface area contributed by atoms with Crippen LogP contribution in [0.1, 0.15) is 15.9 Å². The third-order valence-corrected chi connectivity index (χ3v) is 2.47. The van der Waals surface area contributed by atoms with Gasteiger partial charge in [-0.25, -0.2) is 4.98 Å². The maximum atomic E-state index is 11.9. The molecular weight excluding hydrogens is 232 g/mol. The zero-order valence-corrected chi connectivity index (χ0v) is 9.71. The molecule has 1 aromatic heterocycles. The van der Waals surface area contributed by atoms with E-state index in [0.29, 0.717) is 5.82 Å². The van der Waals surface area contributed by atoms with Gasteiger partial charge < -0.3 is 15.5 Å². The Morgan fingerprint density at radius 2 is 2.06 bits per heavy atom. The highest BCUT2D eigenvalue weighted by molar-refractivity contribution is 6.06. The molecule has 2 aromatic rings.